The largest absolute Gasteiger partial charge is 0.491 e. The van der Waals surface area contributed by atoms with E-state index in [4.69, 9.17) is 14.5 Å². The van der Waals surface area contributed by atoms with E-state index in [2.05, 4.69) is 67.8 Å². The highest BCUT2D eigenvalue weighted by atomic mass is 16.5. The van der Waals surface area contributed by atoms with Crippen LogP contribution in [-0.2, 0) is 13.2 Å². The summed E-state index contributed by atoms with van der Waals surface area (Å²) in [5, 5.41) is 2.28. The maximum atomic E-state index is 6.29. The SMILES string of the molecule is Cc1ccc(C(C)C)c(OCCn2c(COc3cccc4ccccc34)nc3ccccc32)c1. The Balaban J connectivity index is 1.38. The second-order valence-corrected chi connectivity index (χ2v) is 8.98. The van der Waals surface area contributed by atoms with Crippen LogP contribution >= 0.6 is 0 Å². The van der Waals surface area contributed by atoms with Crippen LogP contribution in [0.25, 0.3) is 21.8 Å². The Bertz CT molecular complexity index is 1430. The van der Waals surface area contributed by atoms with E-state index in [-0.39, 0.29) is 0 Å². The maximum Gasteiger partial charge on any atom is 0.148 e. The van der Waals surface area contributed by atoms with Gasteiger partial charge in [0.1, 0.15) is 30.5 Å². The van der Waals surface area contributed by atoms with Crippen LogP contribution in [-0.4, -0.2) is 16.2 Å². The first-order chi connectivity index (χ1) is 16.6. The van der Waals surface area contributed by atoms with Crippen molar-refractivity contribution >= 4 is 21.8 Å². The minimum absolute atomic E-state index is 0.393. The van der Waals surface area contributed by atoms with Crippen LogP contribution in [0.2, 0.25) is 0 Å². The number of hydrogen-bond acceptors (Lipinski definition) is 3. The molecular weight excluding hydrogens is 420 g/mol. The zero-order chi connectivity index (χ0) is 23.5. The van der Waals surface area contributed by atoms with Gasteiger partial charge in [-0.15, -0.1) is 0 Å². The molecule has 1 aromatic heterocycles. The van der Waals surface area contributed by atoms with Gasteiger partial charge in [-0.2, -0.15) is 0 Å². The Morgan fingerprint density at radius 1 is 0.824 bits per heavy atom. The Hall–Kier alpha value is -3.79. The van der Waals surface area contributed by atoms with Crippen LogP contribution in [0.1, 0.15) is 36.7 Å². The summed E-state index contributed by atoms with van der Waals surface area (Å²) in [5.74, 6) is 3.14. The Morgan fingerprint density at radius 3 is 2.50 bits per heavy atom. The van der Waals surface area contributed by atoms with Crippen LogP contribution in [0, 0.1) is 6.92 Å². The van der Waals surface area contributed by atoms with Crippen molar-refractivity contribution in [1.82, 2.24) is 9.55 Å². The molecule has 0 amide bonds. The zero-order valence-electron chi connectivity index (χ0n) is 20.0. The van der Waals surface area contributed by atoms with Crippen LogP contribution < -0.4 is 9.47 Å². The molecule has 4 nitrogen and oxygen atoms in total. The average Bonchev–Trinajstić information content (AvgIpc) is 3.20. The number of aromatic nitrogens is 2. The van der Waals surface area contributed by atoms with Gasteiger partial charge in [0.15, 0.2) is 0 Å². The summed E-state index contributed by atoms with van der Waals surface area (Å²) >= 11 is 0. The van der Waals surface area contributed by atoms with Crippen LogP contribution in [0.5, 0.6) is 11.5 Å². The molecule has 172 valence electrons. The number of hydrogen-bond donors (Lipinski definition) is 0. The van der Waals surface area contributed by atoms with E-state index in [1.54, 1.807) is 0 Å². The lowest BCUT2D eigenvalue weighted by atomic mass is 10.0. The Morgan fingerprint density at radius 2 is 1.62 bits per heavy atom. The first-order valence-corrected chi connectivity index (χ1v) is 11.9. The molecule has 0 saturated heterocycles. The average molecular weight is 451 g/mol. The number of benzene rings is 4. The van der Waals surface area contributed by atoms with E-state index in [0.29, 0.717) is 25.7 Å². The first kappa shape index (κ1) is 22.0. The lowest BCUT2D eigenvalue weighted by Crippen LogP contribution is -2.13. The third kappa shape index (κ3) is 4.49. The summed E-state index contributed by atoms with van der Waals surface area (Å²) in [6.45, 7) is 8.14. The summed E-state index contributed by atoms with van der Waals surface area (Å²) in [4.78, 5) is 4.88. The van der Waals surface area contributed by atoms with Crippen LogP contribution in [0.3, 0.4) is 0 Å². The molecule has 0 aliphatic rings. The highest BCUT2D eigenvalue weighted by molar-refractivity contribution is 5.88. The number of ether oxygens (including phenoxy) is 2. The van der Waals surface area contributed by atoms with Gasteiger partial charge in [-0.3, -0.25) is 0 Å². The lowest BCUT2D eigenvalue weighted by molar-refractivity contribution is 0.272. The molecule has 4 heteroatoms. The van der Waals surface area contributed by atoms with E-state index in [9.17, 15) is 0 Å². The second-order valence-electron chi connectivity index (χ2n) is 8.98. The molecule has 5 rings (SSSR count). The molecule has 0 N–H and O–H groups in total. The summed E-state index contributed by atoms with van der Waals surface area (Å²) in [6.07, 6.45) is 0. The number of rotatable bonds is 8. The highest BCUT2D eigenvalue weighted by Crippen LogP contribution is 2.28. The quantitative estimate of drug-likeness (QED) is 0.249. The van der Waals surface area contributed by atoms with Gasteiger partial charge in [0.25, 0.3) is 0 Å². The molecule has 1 heterocycles. The van der Waals surface area contributed by atoms with E-state index in [1.807, 2.05) is 42.5 Å². The third-order valence-corrected chi connectivity index (χ3v) is 6.20. The Labute approximate surface area is 200 Å². The van der Waals surface area contributed by atoms with Crippen molar-refractivity contribution in [2.45, 2.75) is 39.8 Å². The molecule has 0 bridgehead atoms. The van der Waals surface area contributed by atoms with Crippen LogP contribution in [0.4, 0.5) is 0 Å². The topological polar surface area (TPSA) is 36.3 Å². The normalized spacial score (nSPS) is 11.4. The second kappa shape index (κ2) is 9.60. The van der Waals surface area contributed by atoms with Crippen molar-refractivity contribution in [1.29, 1.82) is 0 Å². The smallest absolute Gasteiger partial charge is 0.148 e. The van der Waals surface area contributed by atoms with E-state index < -0.39 is 0 Å². The number of fused-ring (bicyclic) bond motifs is 2. The predicted molar refractivity (Wildman–Crippen MR) is 139 cm³/mol. The molecule has 5 aromatic rings. The van der Waals surface area contributed by atoms with Crippen molar-refractivity contribution in [2.75, 3.05) is 6.61 Å². The van der Waals surface area contributed by atoms with Gasteiger partial charge in [-0.1, -0.05) is 74.5 Å². The standard InChI is InChI=1S/C30H30N2O2/c1-21(2)24-16-15-22(3)19-29(24)33-18-17-32-27-13-7-6-12-26(27)31-30(32)20-34-28-14-8-10-23-9-4-5-11-25(23)28/h4-16,19,21H,17-18,20H2,1-3H3. The maximum absolute atomic E-state index is 6.29. The van der Waals surface area contributed by atoms with Crippen molar-refractivity contribution < 1.29 is 9.47 Å². The summed E-state index contributed by atoms with van der Waals surface area (Å²) in [7, 11) is 0. The fraction of sp³-hybridized carbons (Fsp3) is 0.233. The fourth-order valence-electron chi connectivity index (χ4n) is 4.44. The van der Waals surface area contributed by atoms with Crippen molar-refractivity contribution in [3.63, 3.8) is 0 Å². The van der Waals surface area contributed by atoms with E-state index >= 15 is 0 Å². The lowest BCUT2D eigenvalue weighted by Gasteiger charge is -2.16. The minimum atomic E-state index is 0.393. The first-order valence-electron chi connectivity index (χ1n) is 11.9. The van der Waals surface area contributed by atoms with E-state index in [0.717, 1.165) is 33.7 Å². The van der Waals surface area contributed by atoms with Gasteiger partial charge in [-0.05, 0) is 53.6 Å². The van der Waals surface area contributed by atoms with Gasteiger partial charge in [0.05, 0.1) is 17.6 Å². The third-order valence-electron chi connectivity index (χ3n) is 6.20. The van der Waals surface area contributed by atoms with Crippen molar-refractivity contribution in [3.8, 4) is 11.5 Å². The molecule has 0 aliphatic carbocycles. The number of imidazole rings is 1. The highest BCUT2D eigenvalue weighted by Gasteiger charge is 2.13. The van der Waals surface area contributed by atoms with Crippen molar-refractivity contribution in [2.24, 2.45) is 0 Å². The summed E-state index contributed by atoms with van der Waals surface area (Å²) in [5.41, 5.74) is 4.51. The molecule has 34 heavy (non-hydrogen) atoms. The van der Waals surface area contributed by atoms with Gasteiger partial charge in [-0.25, -0.2) is 4.98 Å². The molecule has 0 aliphatic heterocycles. The molecule has 0 saturated carbocycles. The molecular formula is C30H30N2O2. The minimum Gasteiger partial charge on any atom is -0.491 e. The zero-order valence-corrected chi connectivity index (χ0v) is 20.0. The molecule has 0 radical (unpaired) electrons. The fourth-order valence-corrected chi connectivity index (χ4v) is 4.44. The van der Waals surface area contributed by atoms with E-state index in [1.165, 1.54) is 16.5 Å². The summed E-state index contributed by atoms with van der Waals surface area (Å²) in [6, 6.07) is 29.1. The van der Waals surface area contributed by atoms with Gasteiger partial charge >= 0.3 is 0 Å². The van der Waals surface area contributed by atoms with Gasteiger partial charge in [0.2, 0.25) is 0 Å². The Kier molecular flexibility index (Phi) is 6.22. The number of nitrogens with zero attached hydrogens (tertiary/aromatic N) is 2. The summed E-state index contributed by atoms with van der Waals surface area (Å²) < 4.78 is 14.8. The van der Waals surface area contributed by atoms with Crippen LogP contribution in [0.15, 0.2) is 84.9 Å². The molecule has 0 atom stereocenters. The predicted octanol–water partition coefficient (Wildman–Crippen LogP) is 7.28. The van der Waals surface area contributed by atoms with Crippen molar-refractivity contribution in [3.05, 3.63) is 102 Å². The molecule has 4 aromatic carbocycles. The number of aryl methyl sites for hydroxylation is 1. The van der Waals surface area contributed by atoms with Gasteiger partial charge in [0, 0.05) is 5.39 Å². The monoisotopic (exact) mass is 450 g/mol. The molecule has 0 unspecified atom stereocenters. The van der Waals surface area contributed by atoms with Gasteiger partial charge < -0.3 is 14.0 Å². The molecule has 0 fully saturated rings. The number of para-hydroxylation sites is 2. The molecule has 0 spiro atoms.